The van der Waals surface area contributed by atoms with Crippen molar-refractivity contribution < 1.29 is 33.3 Å². The minimum Gasteiger partial charge on any atom is -0.481 e. The number of aromatic amines is 1. The van der Waals surface area contributed by atoms with Crippen molar-refractivity contribution in [2.24, 2.45) is 0 Å². The van der Waals surface area contributed by atoms with Gasteiger partial charge in [0.05, 0.1) is 18.6 Å². The quantitative estimate of drug-likeness (QED) is 0.374. The van der Waals surface area contributed by atoms with E-state index in [1.807, 2.05) is 38.5 Å². The van der Waals surface area contributed by atoms with Gasteiger partial charge in [0.2, 0.25) is 10.0 Å². The Morgan fingerprint density at radius 2 is 1.68 bits per heavy atom. The van der Waals surface area contributed by atoms with E-state index in [4.69, 9.17) is 15.3 Å². The van der Waals surface area contributed by atoms with Gasteiger partial charge in [-0.2, -0.15) is 0 Å². The molecule has 176 valence electrons. The van der Waals surface area contributed by atoms with Gasteiger partial charge in [-0.25, -0.2) is 13.1 Å². The molecule has 0 spiro atoms. The number of benzene rings is 1. The number of carbonyl (C=O) groups is 2. The van der Waals surface area contributed by atoms with Gasteiger partial charge >= 0.3 is 11.9 Å². The number of fused-ring (bicyclic) bond motifs is 1. The number of carboxylic acids is 2. The zero-order valence-electron chi connectivity index (χ0n) is 18.4. The van der Waals surface area contributed by atoms with E-state index in [0.29, 0.717) is 0 Å². The SMILES string of the molecule is CCO.CNS(=O)(=O)Cc1ccc2[nH]cc(CCN(C)C)c2c1.O=C(O)CCC(=O)O. The summed E-state index contributed by atoms with van der Waals surface area (Å²) in [4.78, 5) is 24.6. The van der Waals surface area contributed by atoms with Crippen LogP contribution in [-0.4, -0.2) is 79.9 Å². The number of aliphatic hydroxyl groups excluding tert-OH is 1. The molecule has 2 rings (SSSR count). The van der Waals surface area contributed by atoms with Gasteiger partial charge in [0.15, 0.2) is 0 Å². The lowest BCUT2D eigenvalue weighted by atomic mass is 10.1. The van der Waals surface area contributed by atoms with E-state index in [-0.39, 0.29) is 25.2 Å². The summed E-state index contributed by atoms with van der Waals surface area (Å²) in [7, 11) is 2.29. The normalized spacial score (nSPS) is 10.8. The van der Waals surface area contributed by atoms with Crippen molar-refractivity contribution in [2.45, 2.75) is 31.9 Å². The van der Waals surface area contributed by atoms with Gasteiger partial charge in [-0.3, -0.25) is 9.59 Å². The number of aliphatic hydroxyl groups is 1. The van der Waals surface area contributed by atoms with Gasteiger partial charge < -0.3 is 25.2 Å². The zero-order chi connectivity index (χ0) is 24.0. The second kappa shape index (κ2) is 14.5. The summed E-state index contributed by atoms with van der Waals surface area (Å²) in [6, 6.07) is 5.75. The highest BCUT2D eigenvalue weighted by Gasteiger charge is 2.11. The van der Waals surface area contributed by atoms with Crippen molar-refractivity contribution in [1.29, 1.82) is 0 Å². The van der Waals surface area contributed by atoms with Crippen LogP contribution in [0.4, 0.5) is 0 Å². The summed E-state index contributed by atoms with van der Waals surface area (Å²) in [6.45, 7) is 2.89. The van der Waals surface area contributed by atoms with E-state index >= 15 is 0 Å². The topological polar surface area (TPSA) is 160 Å². The molecule has 0 amide bonds. The average molecular weight is 460 g/mol. The third-order valence-corrected chi connectivity index (χ3v) is 5.22. The lowest BCUT2D eigenvalue weighted by Gasteiger charge is -2.08. The molecule has 1 aromatic carbocycles. The molecule has 0 atom stereocenters. The van der Waals surface area contributed by atoms with Crippen LogP contribution in [0.1, 0.15) is 30.9 Å². The Bertz CT molecular complexity index is 910. The summed E-state index contributed by atoms with van der Waals surface area (Å²) < 4.78 is 25.6. The van der Waals surface area contributed by atoms with Crippen LogP contribution in [0.25, 0.3) is 10.9 Å². The number of nitrogens with one attached hydrogen (secondary N) is 2. The minimum absolute atomic E-state index is 0.0116. The molecule has 0 bridgehead atoms. The highest BCUT2D eigenvalue weighted by molar-refractivity contribution is 7.88. The first-order valence-corrected chi connectivity index (χ1v) is 11.3. The predicted molar refractivity (Wildman–Crippen MR) is 120 cm³/mol. The second-order valence-corrected chi connectivity index (χ2v) is 8.74. The molecule has 0 aliphatic carbocycles. The van der Waals surface area contributed by atoms with Gasteiger partial charge in [-0.05, 0) is 57.7 Å². The number of H-pyrrole nitrogens is 1. The van der Waals surface area contributed by atoms with Crippen molar-refractivity contribution in [2.75, 3.05) is 34.3 Å². The Morgan fingerprint density at radius 3 is 2.13 bits per heavy atom. The van der Waals surface area contributed by atoms with Crippen molar-refractivity contribution in [3.8, 4) is 0 Å². The first kappa shape index (κ1) is 28.5. The van der Waals surface area contributed by atoms with Crippen molar-refractivity contribution in [3.05, 3.63) is 35.5 Å². The summed E-state index contributed by atoms with van der Waals surface area (Å²) in [5.41, 5.74) is 3.07. The average Bonchev–Trinajstić information content (AvgIpc) is 3.08. The van der Waals surface area contributed by atoms with Gasteiger partial charge in [0.25, 0.3) is 0 Å². The largest absolute Gasteiger partial charge is 0.481 e. The summed E-state index contributed by atoms with van der Waals surface area (Å²) >= 11 is 0. The van der Waals surface area contributed by atoms with E-state index < -0.39 is 22.0 Å². The van der Waals surface area contributed by atoms with Crippen LogP contribution in [0.5, 0.6) is 0 Å². The molecule has 0 fully saturated rings. The van der Waals surface area contributed by atoms with Gasteiger partial charge in [0.1, 0.15) is 0 Å². The van der Waals surface area contributed by atoms with Crippen LogP contribution in [0, 0.1) is 0 Å². The molecular formula is C20H33N3O7S. The fourth-order valence-corrected chi connectivity index (χ4v) is 3.13. The number of carboxylic acid groups (broad SMARTS) is 2. The highest BCUT2D eigenvalue weighted by atomic mass is 32.2. The Kier molecular flexibility index (Phi) is 13.4. The number of hydrogen-bond acceptors (Lipinski definition) is 6. The van der Waals surface area contributed by atoms with Crippen LogP contribution >= 0.6 is 0 Å². The molecule has 0 saturated heterocycles. The second-order valence-electron chi connectivity index (χ2n) is 6.81. The Morgan fingerprint density at radius 1 is 1.13 bits per heavy atom. The highest BCUT2D eigenvalue weighted by Crippen LogP contribution is 2.21. The number of nitrogens with zero attached hydrogens (tertiary/aromatic N) is 1. The maximum absolute atomic E-state index is 11.6. The van der Waals surface area contributed by atoms with Crippen LogP contribution in [0.3, 0.4) is 0 Å². The molecule has 0 aliphatic rings. The molecule has 0 saturated carbocycles. The molecule has 1 aromatic heterocycles. The molecule has 1 heterocycles. The van der Waals surface area contributed by atoms with Crippen LogP contribution in [0.2, 0.25) is 0 Å². The van der Waals surface area contributed by atoms with E-state index in [9.17, 15) is 18.0 Å². The molecule has 0 radical (unpaired) electrons. The number of aromatic nitrogens is 1. The number of likely N-dealkylation sites (N-methyl/N-ethyl adjacent to an activating group) is 1. The van der Waals surface area contributed by atoms with E-state index in [1.54, 1.807) is 6.92 Å². The first-order chi connectivity index (χ1) is 14.4. The van der Waals surface area contributed by atoms with Crippen molar-refractivity contribution >= 4 is 32.9 Å². The van der Waals surface area contributed by atoms with Crippen LogP contribution in [0.15, 0.2) is 24.4 Å². The molecule has 31 heavy (non-hydrogen) atoms. The van der Waals surface area contributed by atoms with Crippen LogP contribution in [-0.2, 0) is 31.8 Å². The monoisotopic (exact) mass is 459 g/mol. The number of aliphatic carboxylic acids is 2. The first-order valence-electron chi connectivity index (χ1n) is 9.65. The van der Waals surface area contributed by atoms with Crippen molar-refractivity contribution in [3.63, 3.8) is 0 Å². The lowest BCUT2D eigenvalue weighted by Crippen LogP contribution is -2.20. The third kappa shape index (κ3) is 12.7. The van der Waals surface area contributed by atoms with E-state index in [0.717, 1.165) is 29.4 Å². The summed E-state index contributed by atoms with van der Waals surface area (Å²) in [5.74, 6) is -2.14. The number of rotatable bonds is 9. The fourth-order valence-electron chi connectivity index (χ4n) is 2.37. The molecule has 5 N–H and O–H groups in total. The fraction of sp³-hybridized carbons (Fsp3) is 0.500. The Hall–Kier alpha value is -2.47. The minimum atomic E-state index is -3.23. The molecule has 0 aliphatic heterocycles. The number of hydrogen-bond donors (Lipinski definition) is 5. The standard InChI is InChI=1S/C14H21N3O2S.C4H6O4.C2H6O/c1-15-20(18,19)10-11-4-5-14-13(8-11)12(9-16-14)6-7-17(2)3;5-3(6)1-2-4(7)8;1-2-3/h4-5,8-9,15-16H,6-7,10H2,1-3H3;1-2H2,(H,5,6)(H,7,8);3H,2H2,1H3. The van der Waals surface area contributed by atoms with Gasteiger partial charge in [-0.1, -0.05) is 6.07 Å². The molecular weight excluding hydrogens is 426 g/mol. The van der Waals surface area contributed by atoms with Crippen molar-refractivity contribution in [1.82, 2.24) is 14.6 Å². The van der Waals surface area contributed by atoms with Gasteiger partial charge in [0, 0.05) is 30.3 Å². The van der Waals surface area contributed by atoms with E-state index in [2.05, 4.69) is 14.6 Å². The molecule has 0 unspecified atom stereocenters. The van der Waals surface area contributed by atoms with Gasteiger partial charge in [-0.15, -0.1) is 0 Å². The van der Waals surface area contributed by atoms with Crippen LogP contribution < -0.4 is 4.72 Å². The predicted octanol–water partition coefficient (Wildman–Crippen LogP) is 1.26. The maximum atomic E-state index is 11.6. The number of sulfonamides is 1. The molecule has 2 aromatic rings. The lowest BCUT2D eigenvalue weighted by molar-refractivity contribution is -0.143. The smallest absolute Gasteiger partial charge is 0.303 e. The summed E-state index contributed by atoms with van der Waals surface area (Å²) in [6.07, 6.45) is 2.35. The maximum Gasteiger partial charge on any atom is 0.303 e. The third-order valence-electron chi connectivity index (χ3n) is 3.88. The Labute approximate surface area is 182 Å². The zero-order valence-corrected chi connectivity index (χ0v) is 19.2. The molecule has 10 nitrogen and oxygen atoms in total. The van der Waals surface area contributed by atoms with E-state index in [1.165, 1.54) is 12.6 Å². The summed E-state index contributed by atoms with van der Waals surface area (Å²) in [5, 5.41) is 24.5. The Balaban J connectivity index is 0.000000685. The molecule has 11 heteroatoms.